The van der Waals surface area contributed by atoms with Gasteiger partial charge in [-0.05, 0) is 36.4 Å². The molecule has 25 heavy (non-hydrogen) atoms. The number of halogens is 1. The van der Waals surface area contributed by atoms with E-state index in [-0.39, 0.29) is 18.9 Å². The van der Waals surface area contributed by atoms with Gasteiger partial charge in [-0.15, -0.1) is 0 Å². The minimum absolute atomic E-state index is 0.116. The van der Waals surface area contributed by atoms with Crippen LogP contribution in [0.15, 0.2) is 54.6 Å². The maximum atomic E-state index is 12.4. The summed E-state index contributed by atoms with van der Waals surface area (Å²) in [6.45, 7) is 0. The Morgan fingerprint density at radius 3 is 2.32 bits per heavy atom. The van der Waals surface area contributed by atoms with Gasteiger partial charge in [0.1, 0.15) is 11.9 Å². The van der Waals surface area contributed by atoms with Crippen LogP contribution in [0, 0.1) is 5.41 Å². The van der Waals surface area contributed by atoms with E-state index >= 15 is 0 Å². The Hall–Kier alpha value is -2.73. The van der Waals surface area contributed by atoms with Crippen molar-refractivity contribution in [2.24, 2.45) is 5.41 Å². The first-order chi connectivity index (χ1) is 12.0. The summed E-state index contributed by atoms with van der Waals surface area (Å²) in [5.74, 6) is -1.09. The fraction of sp³-hybridized carbons (Fsp3) is 0.222. The molecule has 0 aliphatic heterocycles. The number of carbonyl (C=O) groups is 2. The second kappa shape index (κ2) is 7.03. The molecule has 0 unspecified atom stereocenters. The molecule has 0 spiro atoms. The van der Waals surface area contributed by atoms with Gasteiger partial charge < -0.3 is 9.84 Å². The Morgan fingerprint density at radius 1 is 1.08 bits per heavy atom. The van der Waals surface area contributed by atoms with Crippen molar-refractivity contribution in [3.8, 4) is 5.75 Å². The van der Waals surface area contributed by atoms with E-state index in [2.05, 4.69) is 10.9 Å². The molecule has 130 valence electrons. The number of para-hydroxylation sites is 1. The van der Waals surface area contributed by atoms with Gasteiger partial charge in [-0.1, -0.05) is 29.8 Å². The first kappa shape index (κ1) is 17.1. The van der Waals surface area contributed by atoms with Crippen molar-refractivity contribution in [1.29, 1.82) is 0 Å². The second-order valence-electron chi connectivity index (χ2n) is 5.93. The van der Waals surface area contributed by atoms with E-state index in [0.29, 0.717) is 16.5 Å². The minimum atomic E-state index is -1.49. The first-order valence-corrected chi connectivity index (χ1v) is 8.14. The summed E-state index contributed by atoms with van der Waals surface area (Å²) in [6, 6.07) is 15.8. The highest BCUT2D eigenvalue weighted by molar-refractivity contribution is 6.30. The van der Waals surface area contributed by atoms with Gasteiger partial charge in [-0.3, -0.25) is 20.4 Å². The number of hydrogen-bond donors (Lipinski definition) is 3. The molecular formula is C18H17ClN2O4. The van der Waals surface area contributed by atoms with Crippen molar-refractivity contribution in [2.75, 3.05) is 5.43 Å². The molecule has 1 amide bonds. The number of benzene rings is 2. The van der Waals surface area contributed by atoms with E-state index in [1.165, 1.54) is 0 Å². The smallest absolute Gasteiger partial charge is 0.319 e. The molecule has 6 nitrogen and oxygen atoms in total. The van der Waals surface area contributed by atoms with E-state index < -0.39 is 17.3 Å². The van der Waals surface area contributed by atoms with Gasteiger partial charge in [-0.25, -0.2) is 0 Å². The van der Waals surface area contributed by atoms with Gasteiger partial charge in [0, 0.05) is 17.9 Å². The third-order valence-electron chi connectivity index (χ3n) is 4.21. The van der Waals surface area contributed by atoms with Crippen molar-refractivity contribution >= 4 is 29.2 Å². The van der Waals surface area contributed by atoms with Gasteiger partial charge in [0.05, 0.1) is 5.69 Å². The van der Waals surface area contributed by atoms with Crippen molar-refractivity contribution in [2.45, 2.75) is 18.9 Å². The number of carboxylic acids is 1. The zero-order valence-corrected chi connectivity index (χ0v) is 14.0. The number of carbonyl (C=O) groups excluding carboxylic acids is 1. The van der Waals surface area contributed by atoms with Crippen LogP contribution < -0.4 is 15.6 Å². The Balaban J connectivity index is 1.59. The van der Waals surface area contributed by atoms with E-state index in [4.69, 9.17) is 16.3 Å². The van der Waals surface area contributed by atoms with Crippen molar-refractivity contribution in [1.82, 2.24) is 5.43 Å². The Kier molecular flexibility index (Phi) is 4.81. The maximum Gasteiger partial charge on any atom is 0.319 e. The van der Waals surface area contributed by atoms with Crippen LogP contribution in [0.2, 0.25) is 5.02 Å². The molecule has 7 heteroatoms. The van der Waals surface area contributed by atoms with Crippen LogP contribution >= 0.6 is 11.6 Å². The van der Waals surface area contributed by atoms with Gasteiger partial charge in [0.25, 0.3) is 5.91 Å². The van der Waals surface area contributed by atoms with Crippen LogP contribution in [0.3, 0.4) is 0 Å². The lowest BCUT2D eigenvalue weighted by molar-refractivity contribution is -0.168. The average Bonchev–Trinajstić information content (AvgIpc) is 2.57. The number of aliphatic carboxylic acids is 1. The molecule has 1 aliphatic rings. The molecule has 0 bridgehead atoms. The zero-order chi connectivity index (χ0) is 17.9. The number of nitrogens with one attached hydrogen (secondary N) is 2. The maximum absolute atomic E-state index is 12.4. The average molecular weight is 361 g/mol. The summed E-state index contributed by atoms with van der Waals surface area (Å²) >= 11 is 5.80. The number of anilines is 1. The number of hydrazine groups is 1. The molecule has 0 heterocycles. The summed E-state index contributed by atoms with van der Waals surface area (Å²) in [7, 11) is 0. The van der Waals surface area contributed by atoms with Crippen molar-refractivity contribution < 1.29 is 19.4 Å². The highest BCUT2D eigenvalue weighted by Gasteiger charge is 2.57. The van der Waals surface area contributed by atoms with Gasteiger partial charge in [0.2, 0.25) is 0 Å². The van der Waals surface area contributed by atoms with E-state index in [1.807, 2.05) is 18.2 Å². The third-order valence-corrected chi connectivity index (χ3v) is 4.46. The van der Waals surface area contributed by atoms with Crippen LogP contribution in [0.4, 0.5) is 5.69 Å². The molecule has 2 aromatic rings. The van der Waals surface area contributed by atoms with Crippen LogP contribution in [-0.2, 0) is 9.59 Å². The van der Waals surface area contributed by atoms with E-state index in [0.717, 1.165) is 0 Å². The molecule has 0 aromatic heterocycles. The minimum Gasteiger partial charge on any atom is -0.490 e. The SMILES string of the molecule is O=C(O)C1(C(=O)NNc2ccc(Cl)cc2)CC(Oc2ccccc2)C1. The molecule has 1 aliphatic carbocycles. The molecule has 3 rings (SSSR count). The molecular weight excluding hydrogens is 344 g/mol. The Morgan fingerprint density at radius 2 is 1.72 bits per heavy atom. The normalized spacial score (nSPS) is 21.7. The lowest BCUT2D eigenvalue weighted by atomic mass is 9.66. The van der Waals surface area contributed by atoms with Gasteiger partial charge in [0.15, 0.2) is 5.41 Å². The highest BCUT2D eigenvalue weighted by atomic mass is 35.5. The largest absolute Gasteiger partial charge is 0.490 e. The quantitative estimate of drug-likeness (QED) is 0.544. The number of amides is 1. The number of carboxylic acid groups (broad SMARTS) is 1. The second-order valence-corrected chi connectivity index (χ2v) is 6.37. The predicted octanol–water partition coefficient (Wildman–Crippen LogP) is 3.10. The van der Waals surface area contributed by atoms with Gasteiger partial charge in [-0.2, -0.15) is 0 Å². The lowest BCUT2D eigenvalue weighted by Gasteiger charge is -2.42. The standard InChI is InChI=1S/C18H17ClN2O4/c19-12-6-8-13(9-7-12)20-21-16(22)18(17(23)24)10-15(11-18)25-14-4-2-1-3-5-14/h1-9,15,20H,10-11H2,(H,21,22)(H,23,24). The van der Waals surface area contributed by atoms with Crippen molar-refractivity contribution in [3.63, 3.8) is 0 Å². The summed E-state index contributed by atoms with van der Waals surface area (Å²) in [5, 5.41) is 10.1. The van der Waals surface area contributed by atoms with Crippen molar-refractivity contribution in [3.05, 3.63) is 59.6 Å². The predicted molar refractivity (Wildman–Crippen MR) is 93.4 cm³/mol. The van der Waals surface area contributed by atoms with E-state index in [9.17, 15) is 14.7 Å². The Bertz CT molecular complexity index is 758. The fourth-order valence-corrected chi connectivity index (χ4v) is 2.86. The third kappa shape index (κ3) is 3.69. The van der Waals surface area contributed by atoms with E-state index in [1.54, 1.807) is 36.4 Å². The molecule has 1 saturated carbocycles. The topological polar surface area (TPSA) is 87.7 Å². The van der Waals surface area contributed by atoms with Gasteiger partial charge >= 0.3 is 5.97 Å². The molecule has 0 atom stereocenters. The molecule has 2 aromatic carbocycles. The monoisotopic (exact) mass is 360 g/mol. The van der Waals surface area contributed by atoms with Crippen LogP contribution in [0.5, 0.6) is 5.75 Å². The lowest BCUT2D eigenvalue weighted by Crippen LogP contribution is -2.58. The van der Waals surface area contributed by atoms with Crippen LogP contribution in [-0.4, -0.2) is 23.1 Å². The summed E-state index contributed by atoms with van der Waals surface area (Å²) in [6.07, 6.45) is -0.0729. The zero-order valence-electron chi connectivity index (χ0n) is 13.2. The molecule has 3 N–H and O–H groups in total. The summed E-state index contributed by atoms with van der Waals surface area (Å²) < 4.78 is 5.70. The highest BCUT2D eigenvalue weighted by Crippen LogP contribution is 2.43. The number of hydrogen-bond acceptors (Lipinski definition) is 4. The van der Waals surface area contributed by atoms with Crippen LogP contribution in [0.25, 0.3) is 0 Å². The number of ether oxygens (including phenoxy) is 1. The first-order valence-electron chi connectivity index (χ1n) is 7.77. The summed E-state index contributed by atoms with van der Waals surface area (Å²) in [4.78, 5) is 24.0. The Labute approximate surface area is 149 Å². The molecule has 0 radical (unpaired) electrons. The number of rotatable bonds is 6. The molecule has 1 fully saturated rings. The fourth-order valence-electron chi connectivity index (χ4n) is 2.73. The molecule has 0 saturated heterocycles. The summed E-state index contributed by atoms with van der Waals surface area (Å²) in [5.41, 5.74) is 4.28. The van der Waals surface area contributed by atoms with Crippen LogP contribution in [0.1, 0.15) is 12.8 Å².